The van der Waals surface area contributed by atoms with Crippen LogP contribution in [0.1, 0.15) is 52.0 Å². The highest BCUT2D eigenvalue weighted by molar-refractivity contribution is 6.09. The molecule has 6 nitrogen and oxygen atoms in total. The van der Waals surface area contributed by atoms with E-state index in [-0.39, 0.29) is 30.1 Å². The van der Waals surface area contributed by atoms with Crippen molar-refractivity contribution in [1.29, 1.82) is 0 Å². The smallest absolute Gasteiger partial charge is 0.266 e. The molecular formula is C34H33FN4O2. The maximum absolute atomic E-state index is 14.1. The van der Waals surface area contributed by atoms with Crippen molar-refractivity contribution in [2.24, 2.45) is 10.7 Å². The van der Waals surface area contributed by atoms with Gasteiger partial charge >= 0.3 is 0 Å². The summed E-state index contributed by atoms with van der Waals surface area (Å²) in [6, 6.07) is 30.8. The third-order valence-corrected chi connectivity index (χ3v) is 7.48. The molecular weight excluding hydrogens is 515 g/mol. The van der Waals surface area contributed by atoms with Crippen LogP contribution in [0.5, 0.6) is 0 Å². The lowest BCUT2D eigenvalue weighted by Gasteiger charge is -2.29. The summed E-state index contributed by atoms with van der Waals surface area (Å²) in [5.74, 6) is -0.480. The van der Waals surface area contributed by atoms with Crippen molar-refractivity contribution >= 4 is 17.8 Å². The first-order valence-corrected chi connectivity index (χ1v) is 13.9. The predicted octanol–water partition coefficient (Wildman–Crippen LogP) is 5.65. The summed E-state index contributed by atoms with van der Waals surface area (Å²) in [5.41, 5.74) is 9.78. The first kappa shape index (κ1) is 27.8. The molecule has 0 saturated carbocycles. The Balaban J connectivity index is 0.00000165. The zero-order valence-electron chi connectivity index (χ0n) is 23.3. The molecule has 2 amide bonds. The lowest BCUT2D eigenvalue weighted by Crippen LogP contribution is -2.43. The molecule has 0 spiro atoms. The Labute approximate surface area is 239 Å². The van der Waals surface area contributed by atoms with Gasteiger partial charge in [0.2, 0.25) is 0 Å². The fourth-order valence-electron chi connectivity index (χ4n) is 5.50. The van der Waals surface area contributed by atoms with Crippen molar-refractivity contribution < 1.29 is 14.0 Å². The number of fused-ring (bicyclic) bond motifs is 1. The summed E-state index contributed by atoms with van der Waals surface area (Å²) in [4.78, 5) is 35.5. The number of amides is 2. The summed E-state index contributed by atoms with van der Waals surface area (Å²) in [5, 5.41) is 0. The van der Waals surface area contributed by atoms with Gasteiger partial charge in [0.15, 0.2) is 11.5 Å². The van der Waals surface area contributed by atoms with E-state index in [4.69, 9.17) is 10.7 Å². The van der Waals surface area contributed by atoms with Crippen LogP contribution < -0.4 is 5.73 Å². The maximum atomic E-state index is 14.1. The van der Waals surface area contributed by atoms with Gasteiger partial charge in [-0.3, -0.25) is 14.5 Å². The van der Waals surface area contributed by atoms with Crippen LogP contribution in [0.2, 0.25) is 0 Å². The summed E-state index contributed by atoms with van der Waals surface area (Å²) in [6.07, 6.45) is 0.606. The second-order valence-electron chi connectivity index (χ2n) is 9.89. The molecule has 7 heteroatoms. The van der Waals surface area contributed by atoms with Crippen LogP contribution in [0.25, 0.3) is 0 Å². The first-order valence-electron chi connectivity index (χ1n) is 13.9. The second kappa shape index (κ2) is 11.8. The number of benzene rings is 4. The lowest BCUT2D eigenvalue weighted by molar-refractivity contribution is -0.130. The van der Waals surface area contributed by atoms with Crippen molar-refractivity contribution in [1.82, 2.24) is 9.80 Å². The number of nitrogens with two attached hydrogens (primary N) is 1. The van der Waals surface area contributed by atoms with E-state index < -0.39 is 5.54 Å². The molecule has 41 heavy (non-hydrogen) atoms. The van der Waals surface area contributed by atoms with Crippen molar-refractivity contribution in [3.05, 3.63) is 142 Å². The molecule has 0 aromatic heterocycles. The summed E-state index contributed by atoms with van der Waals surface area (Å²) < 4.78 is 13.6. The average Bonchev–Trinajstić information content (AvgIpc) is 3.28. The normalized spacial score (nSPS) is 15.5. The molecule has 208 valence electrons. The van der Waals surface area contributed by atoms with Gasteiger partial charge in [-0.05, 0) is 58.5 Å². The van der Waals surface area contributed by atoms with Gasteiger partial charge in [-0.15, -0.1) is 0 Å². The molecule has 2 heterocycles. The van der Waals surface area contributed by atoms with Gasteiger partial charge in [0, 0.05) is 18.7 Å². The third kappa shape index (κ3) is 5.23. The van der Waals surface area contributed by atoms with E-state index in [1.54, 1.807) is 29.2 Å². The largest absolute Gasteiger partial charge is 0.369 e. The molecule has 0 radical (unpaired) electrons. The molecule has 0 fully saturated rings. The van der Waals surface area contributed by atoms with Gasteiger partial charge in [-0.25, -0.2) is 9.38 Å². The van der Waals surface area contributed by atoms with Crippen molar-refractivity contribution in [3.8, 4) is 0 Å². The van der Waals surface area contributed by atoms with Gasteiger partial charge in [-0.1, -0.05) is 92.7 Å². The fourth-order valence-corrected chi connectivity index (χ4v) is 5.50. The quantitative estimate of drug-likeness (QED) is 0.350. The fraction of sp³-hybridized carbons (Fsp3) is 0.206. The number of hydrogen-bond acceptors (Lipinski definition) is 4. The Bertz CT molecular complexity index is 1550. The van der Waals surface area contributed by atoms with E-state index in [0.717, 1.165) is 27.8 Å². The zero-order valence-corrected chi connectivity index (χ0v) is 23.3. The van der Waals surface area contributed by atoms with Gasteiger partial charge < -0.3 is 10.6 Å². The highest BCUT2D eigenvalue weighted by atomic mass is 19.1. The lowest BCUT2D eigenvalue weighted by atomic mass is 9.83. The monoisotopic (exact) mass is 548 g/mol. The molecule has 2 aliphatic rings. The molecule has 4 aromatic rings. The van der Waals surface area contributed by atoms with E-state index in [1.165, 1.54) is 11.0 Å². The van der Waals surface area contributed by atoms with Crippen LogP contribution in [0.3, 0.4) is 0 Å². The highest BCUT2D eigenvalue weighted by Gasteiger charge is 2.50. The van der Waals surface area contributed by atoms with E-state index in [2.05, 4.69) is 0 Å². The highest BCUT2D eigenvalue weighted by Crippen LogP contribution is 2.40. The topological polar surface area (TPSA) is 79.0 Å². The third-order valence-electron chi connectivity index (χ3n) is 7.48. The molecule has 0 unspecified atom stereocenters. The summed E-state index contributed by atoms with van der Waals surface area (Å²) in [6.45, 7) is 5.12. The van der Waals surface area contributed by atoms with Crippen LogP contribution in [0.4, 0.5) is 4.39 Å². The number of hydrogen-bond donors (Lipinski definition) is 1. The standard InChI is InChI=1S/C32H27FN4O2.C2H6/c33-28-15-14-25-21-36(17-16-23(25)19-28)29(38)24-9-7-8-22(18-24)20-37-30(39)32(35-31(37)34,26-10-3-1-4-11-26)27-12-5-2-6-13-27;1-2/h1-15,18-19H,16-17,20-21H2,(H2,34,35);1-2H3. The Kier molecular flexibility index (Phi) is 7.97. The Morgan fingerprint density at radius 3 is 2.20 bits per heavy atom. The summed E-state index contributed by atoms with van der Waals surface area (Å²) in [7, 11) is 0. The Morgan fingerprint density at radius 2 is 1.54 bits per heavy atom. The van der Waals surface area contributed by atoms with E-state index in [9.17, 15) is 14.0 Å². The average molecular weight is 549 g/mol. The van der Waals surface area contributed by atoms with Crippen LogP contribution in [-0.2, 0) is 29.8 Å². The molecule has 0 saturated heterocycles. The van der Waals surface area contributed by atoms with Crippen molar-refractivity contribution in [2.45, 2.75) is 38.9 Å². The Morgan fingerprint density at radius 1 is 0.878 bits per heavy atom. The number of carbonyl (C=O) groups is 2. The minimum absolute atomic E-state index is 0.107. The number of rotatable bonds is 5. The number of carbonyl (C=O) groups excluding carboxylic acids is 2. The number of halogens is 1. The van der Waals surface area contributed by atoms with Crippen LogP contribution in [0, 0.1) is 5.82 Å². The van der Waals surface area contributed by atoms with E-state index in [0.29, 0.717) is 25.1 Å². The summed E-state index contributed by atoms with van der Waals surface area (Å²) >= 11 is 0. The van der Waals surface area contributed by atoms with Gasteiger partial charge in [0.25, 0.3) is 11.8 Å². The molecule has 0 bridgehead atoms. The molecule has 0 atom stereocenters. The van der Waals surface area contributed by atoms with E-state index in [1.807, 2.05) is 86.6 Å². The van der Waals surface area contributed by atoms with E-state index >= 15 is 0 Å². The second-order valence-corrected chi connectivity index (χ2v) is 9.89. The predicted molar refractivity (Wildman–Crippen MR) is 158 cm³/mol. The molecule has 2 N–H and O–H groups in total. The number of guanidine groups is 1. The zero-order chi connectivity index (χ0) is 29.0. The van der Waals surface area contributed by atoms with Gasteiger partial charge in [-0.2, -0.15) is 0 Å². The Hall–Kier alpha value is -4.78. The van der Waals surface area contributed by atoms with Crippen molar-refractivity contribution in [2.75, 3.05) is 6.54 Å². The maximum Gasteiger partial charge on any atom is 0.266 e. The SMILES string of the molecule is CC.NC1=NC(c2ccccc2)(c2ccccc2)C(=O)N1Cc1cccc(C(=O)N2CCc3cc(F)ccc3C2)c1. The minimum Gasteiger partial charge on any atom is -0.369 e. The molecule has 4 aromatic carbocycles. The number of nitrogens with zero attached hydrogens (tertiary/aromatic N) is 3. The minimum atomic E-state index is -1.28. The molecule has 2 aliphatic heterocycles. The van der Waals surface area contributed by atoms with Crippen LogP contribution in [-0.4, -0.2) is 34.1 Å². The van der Waals surface area contributed by atoms with Crippen LogP contribution in [0.15, 0.2) is 108 Å². The first-order chi connectivity index (χ1) is 20.0. The molecule has 0 aliphatic carbocycles. The number of aliphatic imine (C=N–C) groups is 1. The van der Waals surface area contributed by atoms with Crippen LogP contribution >= 0.6 is 0 Å². The van der Waals surface area contributed by atoms with Gasteiger partial charge in [0.05, 0.1) is 6.54 Å². The molecule has 6 rings (SSSR count). The van der Waals surface area contributed by atoms with Crippen molar-refractivity contribution in [3.63, 3.8) is 0 Å². The van der Waals surface area contributed by atoms with Gasteiger partial charge in [0.1, 0.15) is 5.82 Å².